The summed E-state index contributed by atoms with van der Waals surface area (Å²) >= 11 is 0. The third kappa shape index (κ3) is 2.69. The van der Waals surface area contributed by atoms with Gasteiger partial charge in [0.1, 0.15) is 0 Å². The normalized spacial score (nSPS) is 28.8. The first-order chi connectivity index (χ1) is 10.4. The summed E-state index contributed by atoms with van der Waals surface area (Å²) in [5.41, 5.74) is 1.16. The van der Waals surface area contributed by atoms with Gasteiger partial charge in [0.25, 0.3) is 0 Å². The number of ether oxygens (including phenoxy) is 2. The first-order valence-electron chi connectivity index (χ1n) is 8.30. The van der Waals surface area contributed by atoms with Crippen LogP contribution in [0.2, 0.25) is 0 Å². The minimum absolute atomic E-state index is 0.579. The van der Waals surface area contributed by atoms with E-state index in [0.29, 0.717) is 6.04 Å². The van der Waals surface area contributed by atoms with Crippen molar-refractivity contribution in [1.29, 1.82) is 0 Å². The Labute approximate surface area is 126 Å². The van der Waals surface area contributed by atoms with Crippen LogP contribution in [0.15, 0.2) is 18.2 Å². The standard InChI is InChI=1S/C17H24N2O2/c1-2-8-19-9-7-14(15(19)4-1)18-13-5-6-16-17(12-13)21-11-3-10-20-16/h5-6,12,14-15,18H,1-4,7-11H2. The zero-order valence-corrected chi connectivity index (χ0v) is 12.5. The highest BCUT2D eigenvalue weighted by Gasteiger charge is 2.35. The van der Waals surface area contributed by atoms with Crippen molar-refractivity contribution in [2.24, 2.45) is 0 Å². The molecule has 4 nitrogen and oxygen atoms in total. The molecule has 3 heterocycles. The second-order valence-electron chi connectivity index (χ2n) is 6.35. The van der Waals surface area contributed by atoms with Gasteiger partial charge in [0.05, 0.1) is 13.2 Å². The molecule has 114 valence electrons. The van der Waals surface area contributed by atoms with E-state index in [0.717, 1.165) is 42.9 Å². The molecule has 0 amide bonds. The van der Waals surface area contributed by atoms with E-state index in [2.05, 4.69) is 22.3 Å². The summed E-state index contributed by atoms with van der Waals surface area (Å²) in [5, 5.41) is 3.73. The first-order valence-corrected chi connectivity index (χ1v) is 8.30. The number of benzene rings is 1. The third-order valence-corrected chi connectivity index (χ3v) is 4.96. The van der Waals surface area contributed by atoms with Crippen LogP contribution in [-0.4, -0.2) is 43.3 Å². The Bertz CT molecular complexity index is 506. The van der Waals surface area contributed by atoms with Crippen molar-refractivity contribution in [2.45, 2.75) is 44.2 Å². The Hall–Kier alpha value is -1.42. The van der Waals surface area contributed by atoms with Crippen molar-refractivity contribution >= 4 is 5.69 Å². The van der Waals surface area contributed by atoms with E-state index in [-0.39, 0.29) is 0 Å². The van der Waals surface area contributed by atoms with Gasteiger partial charge in [-0.2, -0.15) is 0 Å². The summed E-state index contributed by atoms with van der Waals surface area (Å²) in [6.07, 6.45) is 6.28. The zero-order chi connectivity index (χ0) is 14.1. The van der Waals surface area contributed by atoms with E-state index in [1.165, 1.54) is 38.8 Å². The minimum Gasteiger partial charge on any atom is -0.490 e. The molecule has 2 atom stereocenters. The van der Waals surface area contributed by atoms with Crippen LogP contribution in [0.1, 0.15) is 32.1 Å². The SMILES string of the molecule is c1cc2c(cc1NC1CCN3CCCCC13)OCCCO2. The largest absolute Gasteiger partial charge is 0.490 e. The smallest absolute Gasteiger partial charge is 0.163 e. The molecule has 0 aromatic heterocycles. The summed E-state index contributed by atoms with van der Waals surface area (Å²) in [6.45, 7) is 4.02. The monoisotopic (exact) mass is 288 g/mol. The maximum atomic E-state index is 5.78. The molecule has 2 unspecified atom stereocenters. The zero-order valence-electron chi connectivity index (χ0n) is 12.5. The van der Waals surface area contributed by atoms with Gasteiger partial charge < -0.3 is 14.8 Å². The molecule has 3 aliphatic heterocycles. The third-order valence-electron chi connectivity index (χ3n) is 4.96. The average molecular weight is 288 g/mol. The summed E-state index contributed by atoms with van der Waals surface area (Å²) in [5.74, 6) is 1.76. The van der Waals surface area contributed by atoms with Gasteiger partial charge in [0.2, 0.25) is 0 Å². The van der Waals surface area contributed by atoms with Gasteiger partial charge in [-0.05, 0) is 37.9 Å². The number of hydrogen-bond donors (Lipinski definition) is 1. The van der Waals surface area contributed by atoms with Crippen LogP contribution < -0.4 is 14.8 Å². The number of anilines is 1. The van der Waals surface area contributed by atoms with Crippen LogP contribution in [0.25, 0.3) is 0 Å². The molecular formula is C17H24N2O2. The van der Waals surface area contributed by atoms with Crippen molar-refractivity contribution in [3.63, 3.8) is 0 Å². The highest BCUT2D eigenvalue weighted by atomic mass is 16.5. The lowest BCUT2D eigenvalue weighted by Gasteiger charge is -2.33. The average Bonchev–Trinajstić information content (AvgIpc) is 2.77. The highest BCUT2D eigenvalue weighted by Crippen LogP contribution is 2.34. The topological polar surface area (TPSA) is 33.7 Å². The minimum atomic E-state index is 0.579. The maximum absolute atomic E-state index is 5.78. The van der Waals surface area contributed by atoms with Gasteiger partial charge in [-0.15, -0.1) is 0 Å². The lowest BCUT2D eigenvalue weighted by atomic mass is 9.99. The molecule has 0 aliphatic carbocycles. The molecular weight excluding hydrogens is 264 g/mol. The molecule has 0 saturated carbocycles. The Kier molecular flexibility index (Phi) is 3.63. The molecule has 1 N–H and O–H groups in total. The van der Waals surface area contributed by atoms with E-state index in [9.17, 15) is 0 Å². The summed E-state index contributed by atoms with van der Waals surface area (Å²) in [6, 6.07) is 7.56. The van der Waals surface area contributed by atoms with E-state index < -0.39 is 0 Å². The second kappa shape index (κ2) is 5.76. The number of hydrogen-bond acceptors (Lipinski definition) is 4. The van der Waals surface area contributed by atoms with Gasteiger partial charge in [-0.3, -0.25) is 4.90 Å². The second-order valence-corrected chi connectivity index (χ2v) is 6.35. The summed E-state index contributed by atoms with van der Waals surface area (Å²) in [7, 11) is 0. The Morgan fingerprint density at radius 1 is 0.952 bits per heavy atom. The van der Waals surface area contributed by atoms with Crippen molar-refractivity contribution < 1.29 is 9.47 Å². The van der Waals surface area contributed by atoms with Crippen LogP contribution in [-0.2, 0) is 0 Å². The summed E-state index contributed by atoms with van der Waals surface area (Å²) < 4.78 is 11.5. The van der Waals surface area contributed by atoms with Crippen LogP contribution in [0.5, 0.6) is 11.5 Å². The molecule has 0 radical (unpaired) electrons. The Morgan fingerprint density at radius 3 is 2.81 bits per heavy atom. The molecule has 2 saturated heterocycles. The molecule has 1 aromatic carbocycles. The van der Waals surface area contributed by atoms with Crippen molar-refractivity contribution in [2.75, 3.05) is 31.6 Å². The maximum Gasteiger partial charge on any atom is 0.163 e. The van der Waals surface area contributed by atoms with Gasteiger partial charge >= 0.3 is 0 Å². The molecule has 4 rings (SSSR count). The predicted octanol–water partition coefficient (Wildman–Crippen LogP) is 2.89. The van der Waals surface area contributed by atoms with E-state index >= 15 is 0 Å². The van der Waals surface area contributed by atoms with Crippen molar-refractivity contribution in [3.05, 3.63) is 18.2 Å². The molecule has 0 bridgehead atoms. The summed E-state index contributed by atoms with van der Waals surface area (Å²) in [4.78, 5) is 2.66. The molecule has 21 heavy (non-hydrogen) atoms. The van der Waals surface area contributed by atoms with E-state index in [1.807, 2.05) is 6.07 Å². The number of nitrogens with zero attached hydrogens (tertiary/aromatic N) is 1. The number of nitrogens with one attached hydrogen (secondary N) is 1. The van der Waals surface area contributed by atoms with Gasteiger partial charge in [0.15, 0.2) is 11.5 Å². The number of fused-ring (bicyclic) bond motifs is 2. The fraction of sp³-hybridized carbons (Fsp3) is 0.647. The van der Waals surface area contributed by atoms with E-state index in [4.69, 9.17) is 9.47 Å². The Morgan fingerprint density at radius 2 is 1.86 bits per heavy atom. The van der Waals surface area contributed by atoms with Crippen LogP contribution >= 0.6 is 0 Å². The fourth-order valence-corrected chi connectivity index (χ4v) is 3.88. The molecule has 2 fully saturated rings. The molecule has 4 heteroatoms. The predicted molar refractivity (Wildman–Crippen MR) is 83.3 cm³/mol. The fourth-order valence-electron chi connectivity index (χ4n) is 3.88. The van der Waals surface area contributed by atoms with Gasteiger partial charge in [-0.1, -0.05) is 6.42 Å². The van der Waals surface area contributed by atoms with Gasteiger partial charge in [0, 0.05) is 36.8 Å². The van der Waals surface area contributed by atoms with Crippen LogP contribution in [0, 0.1) is 0 Å². The number of rotatable bonds is 2. The van der Waals surface area contributed by atoms with E-state index in [1.54, 1.807) is 0 Å². The molecule has 1 aromatic rings. The van der Waals surface area contributed by atoms with Crippen molar-refractivity contribution in [1.82, 2.24) is 4.90 Å². The number of piperidine rings is 1. The lowest BCUT2D eigenvalue weighted by molar-refractivity contribution is 0.193. The lowest BCUT2D eigenvalue weighted by Crippen LogP contribution is -2.41. The molecule has 3 aliphatic rings. The quantitative estimate of drug-likeness (QED) is 0.907. The van der Waals surface area contributed by atoms with Crippen LogP contribution in [0.4, 0.5) is 5.69 Å². The Balaban J connectivity index is 1.48. The molecule has 0 spiro atoms. The van der Waals surface area contributed by atoms with Gasteiger partial charge in [-0.25, -0.2) is 0 Å². The first kappa shape index (κ1) is 13.3. The highest BCUT2D eigenvalue weighted by molar-refractivity contribution is 5.55. The van der Waals surface area contributed by atoms with Crippen LogP contribution in [0.3, 0.4) is 0 Å². The van der Waals surface area contributed by atoms with Crippen molar-refractivity contribution in [3.8, 4) is 11.5 Å².